The van der Waals surface area contributed by atoms with E-state index in [1.807, 2.05) is 24.2 Å². The van der Waals surface area contributed by atoms with Gasteiger partial charge in [0.2, 0.25) is 5.91 Å². The Bertz CT molecular complexity index is 765. The zero-order chi connectivity index (χ0) is 18.6. The number of rotatable bonds is 4. The Morgan fingerprint density at radius 2 is 2.07 bits per heavy atom. The smallest absolute Gasteiger partial charge is 0.244 e. The van der Waals surface area contributed by atoms with Crippen LogP contribution >= 0.6 is 0 Å². The summed E-state index contributed by atoms with van der Waals surface area (Å²) in [5.41, 5.74) is 1.61. The van der Waals surface area contributed by atoms with Gasteiger partial charge in [-0.05, 0) is 25.3 Å². The van der Waals surface area contributed by atoms with Crippen LogP contribution in [0.4, 0.5) is 0 Å². The quantitative estimate of drug-likeness (QED) is 0.771. The zero-order valence-corrected chi connectivity index (χ0v) is 15.8. The third-order valence-electron chi connectivity index (χ3n) is 5.53. The SMILES string of the molecule is Cn1nccc1-c1cn(CC(=O)N2CCCC(N3CCOCC3)CC2)nn1. The van der Waals surface area contributed by atoms with Gasteiger partial charge in [0, 0.05) is 45.5 Å². The predicted octanol–water partition coefficient (Wildman–Crippen LogP) is 0.392. The van der Waals surface area contributed by atoms with Crippen molar-refractivity contribution in [2.24, 2.45) is 7.05 Å². The Kier molecular flexibility index (Phi) is 5.49. The summed E-state index contributed by atoms with van der Waals surface area (Å²) in [6.45, 7) is 5.53. The lowest BCUT2D eigenvalue weighted by molar-refractivity contribution is -0.132. The molecule has 2 aliphatic heterocycles. The average Bonchev–Trinajstić information content (AvgIpc) is 3.23. The first kappa shape index (κ1) is 18.1. The number of aryl methyl sites for hydroxylation is 1. The highest BCUT2D eigenvalue weighted by Crippen LogP contribution is 2.19. The number of carbonyl (C=O) groups excluding carboxylic acids is 1. The molecular formula is C18H27N7O2. The summed E-state index contributed by atoms with van der Waals surface area (Å²) in [4.78, 5) is 17.3. The number of carbonyl (C=O) groups is 1. The molecule has 146 valence electrons. The molecule has 9 heteroatoms. The van der Waals surface area contributed by atoms with Crippen LogP contribution in [0, 0.1) is 0 Å². The standard InChI is InChI=1S/C18H27N7O2/c1-22-17(4-6-19-22)16-13-25(21-20-16)14-18(26)24-7-2-3-15(5-8-24)23-9-11-27-12-10-23/h4,6,13,15H,2-3,5,7-12,14H2,1H3. The molecule has 1 amide bonds. The van der Waals surface area contributed by atoms with Crippen LogP contribution in [0.3, 0.4) is 0 Å². The van der Waals surface area contributed by atoms with Crippen molar-refractivity contribution < 1.29 is 9.53 Å². The monoisotopic (exact) mass is 373 g/mol. The van der Waals surface area contributed by atoms with Gasteiger partial charge >= 0.3 is 0 Å². The maximum Gasteiger partial charge on any atom is 0.244 e. The van der Waals surface area contributed by atoms with E-state index in [2.05, 4.69) is 20.3 Å². The maximum atomic E-state index is 12.8. The van der Waals surface area contributed by atoms with E-state index in [4.69, 9.17) is 4.74 Å². The lowest BCUT2D eigenvalue weighted by Gasteiger charge is -2.34. The molecule has 2 aromatic rings. The minimum atomic E-state index is 0.110. The van der Waals surface area contributed by atoms with Crippen molar-refractivity contribution in [2.75, 3.05) is 39.4 Å². The number of morpholine rings is 1. The Labute approximate surface area is 158 Å². The number of ether oxygens (including phenoxy) is 1. The van der Waals surface area contributed by atoms with E-state index >= 15 is 0 Å². The van der Waals surface area contributed by atoms with Crippen LogP contribution in [-0.2, 0) is 23.1 Å². The van der Waals surface area contributed by atoms with Gasteiger partial charge in [0.05, 0.1) is 25.1 Å². The van der Waals surface area contributed by atoms with Gasteiger partial charge in [-0.3, -0.25) is 14.4 Å². The fourth-order valence-corrected chi connectivity index (χ4v) is 3.99. The molecule has 0 bridgehead atoms. The van der Waals surface area contributed by atoms with Crippen LogP contribution in [0.2, 0.25) is 0 Å². The second kappa shape index (κ2) is 8.18. The number of likely N-dealkylation sites (tertiary alicyclic amines) is 1. The zero-order valence-electron chi connectivity index (χ0n) is 15.8. The lowest BCUT2D eigenvalue weighted by atomic mass is 10.1. The van der Waals surface area contributed by atoms with E-state index in [1.165, 1.54) is 0 Å². The van der Waals surface area contributed by atoms with Crippen molar-refractivity contribution in [1.29, 1.82) is 0 Å². The van der Waals surface area contributed by atoms with Crippen LogP contribution in [0.25, 0.3) is 11.4 Å². The first-order valence-electron chi connectivity index (χ1n) is 9.69. The summed E-state index contributed by atoms with van der Waals surface area (Å²) in [5.74, 6) is 0.110. The van der Waals surface area contributed by atoms with Crippen LogP contribution in [0.15, 0.2) is 18.5 Å². The van der Waals surface area contributed by atoms with E-state index in [9.17, 15) is 4.79 Å². The van der Waals surface area contributed by atoms with Crippen molar-refractivity contribution in [2.45, 2.75) is 31.8 Å². The molecule has 1 unspecified atom stereocenters. The van der Waals surface area contributed by atoms with E-state index in [0.717, 1.165) is 70.0 Å². The van der Waals surface area contributed by atoms with E-state index in [-0.39, 0.29) is 12.5 Å². The minimum Gasteiger partial charge on any atom is -0.379 e. The summed E-state index contributed by atoms with van der Waals surface area (Å²) in [5, 5.41) is 12.4. The second-order valence-corrected chi connectivity index (χ2v) is 7.26. The molecule has 2 saturated heterocycles. The van der Waals surface area contributed by atoms with E-state index < -0.39 is 0 Å². The number of hydrogen-bond acceptors (Lipinski definition) is 6. The van der Waals surface area contributed by atoms with Crippen molar-refractivity contribution in [1.82, 2.24) is 34.6 Å². The van der Waals surface area contributed by atoms with Crippen molar-refractivity contribution in [3.05, 3.63) is 18.5 Å². The van der Waals surface area contributed by atoms with Crippen molar-refractivity contribution >= 4 is 5.91 Å². The highest BCUT2D eigenvalue weighted by molar-refractivity contribution is 5.76. The predicted molar refractivity (Wildman–Crippen MR) is 98.8 cm³/mol. The summed E-state index contributed by atoms with van der Waals surface area (Å²) in [7, 11) is 1.86. The summed E-state index contributed by atoms with van der Waals surface area (Å²) < 4.78 is 8.82. The largest absolute Gasteiger partial charge is 0.379 e. The first-order valence-corrected chi connectivity index (χ1v) is 9.69. The third-order valence-corrected chi connectivity index (χ3v) is 5.53. The number of aromatic nitrogens is 5. The van der Waals surface area contributed by atoms with E-state index in [1.54, 1.807) is 15.6 Å². The Balaban J connectivity index is 1.33. The topological polar surface area (TPSA) is 81.3 Å². The second-order valence-electron chi connectivity index (χ2n) is 7.26. The molecule has 27 heavy (non-hydrogen) atoms. The van der Waals surface area contributed by atoms with Crippen molar-refractivity contribution in [3.8, 4) is 11.4 Å². The van der Waals surface area contributed by atoms with Crippen LogP contribution in [0.5, 0.6) is 0 Å². The highest BCUT2D eigenvalue weighted by Gasteiger charge is 2.26. The molecule has 2 aliphatic rings. The summed E-state index contributed by atoms with van der Waals surface area (Å²) in [6.07, 6.45) is 6.76. The molecule has 0 aromatic carbocycles. The van der Waals surface area contributed by atoms with Gasteiger partial charge < -0.3 is 9.64 Å². The molecule has 4 rings (SSSR count). The van der Waals surface area contributed by atoms with Gasteiger partial charge in [-0.15, -0.1) is 5.10 Å². The van der Waals surface area contributed by atoms with Gasteiger partial charge in [0.1, 0.15) is 12.2 Å². The minimum absolute atomic E-state index is 0.110. The molecule has 0 radical (unpaired) electrons. The van der Waals surface area contributed by atoms with Gasteiger partial charge in [-0.25, -0.2) is 4.68 Å². The number of amides is 1. The molecule has 0 saturated carbocycles. The molecular weight excluding hydrogens is 346 g/mol. The summed E-state index contributed by atoms with van der Waals surface area (Å²) >= 11 is 0. The lowest BCUT2D eigenvalue weighted by Crippen LogP contribution is -2.44. The van der Waals surface area contributed by atoms with Gasteiger partial charge in [-0.2, -0.15) is 5.10 Å². The van der Waals surface area contributed by atoms with Crippen molar-refractivity contribution in [3.63, 3.8) is 0 Å². The summed E-state index contributed by atoms with van der Waals surface area (Å²) in [6, 6.07) is 2.45. The van der Waals surface area contributed by atoms with Crippen LogP contribution in [0.1, 0.15) is 19.3 Å². The number of hydrogen-bond donors (Lipinski definition) is 0. The Morgan fingerprint density at radius 1 is 1.22 bits per heavy atom. The molecule has 9 nitrogen and oxygen atoms in total. The maximum absolute atomic E-state index is 12.8. The first-order chi connectivity index (χ1) is 13.2. The average molecular weight is 373 g/mol. The molecule has 0 N–H and O–H groups in total. The fraction of sp³-hybridized carbons (Fsp3) is 0.667. The fourth-order valence-electron chi connectivity index (χ4n) is 3.99. The third kappa shape index (κ3) is 4.19. The van der Waals surface area contributed by atoms with Gasteiger partial charge in [0.15, 0.2) is 0 Å². The molecule has 0 aliphatic carbocycles. The van der Waals surface area contributed by atoms with Gasteiger partial charge in [-0.1, -0.05) is 5.21 Å². The Morgan fingerprint density at radius 3 is 2.85 bits per heavy atom. The molecule has 1 atom stereocenters. The van der Waals surface area contributed by atoms with Crippen LogP contribution < -0.4 is 0 Å². The molecule has 2 aromatic heterocycles. The number of nitrogens with zero attached hydrogens (tertiary/aromatic N) is 7. The Hall–Kier alpha value is -2.26. The van der Waals surface area contributed by atoms with E-state index in [0.29, 0.717) is 6.04 Å². The molecule has 4 heterocycles. The normalized spacial score (nSPS) is 22.0. The van der Waals surface area contributed by atoms with Gasteiger partial charge in [0.25, 0.3) is 0 Å². The molecule has 2 fully saturated rings. The molecule has 0 spiro atoms. The highest BCUT2D eigenvalue weighted by atomic mass is 16.5. The van der Waals surface area contributed by atoms with Crippen LogP contribution in [-0.4, -0.2) is 85.9 Å².